The number of benzene rings is 3. The molecule has 0 saturated carbocycles. The summed E-state index contributed by atoms with van der Waals surface area (Å²) in [5.41, 5.74) is 4.46. The highest BCUT2D eigenvalue weighted by Gasteiger charge is 2.09. The van der Waals surface area contributed by atoms with Crippen molar-refractivity contribution in [3.63, 3.8) is 0 Å². The lowest BCUT2D eigenvalue weighted by Crippen LogP contribution is -2.20. The zero-order valence-corrected chi connectivity index (χ0v) is 17.3. The normalized spacial score (nSPS) is 10.4. The molecule has 9 nitrogen and oxygen atoms in total. The van der Waals surface area contributed by atoms with E-state index >= 15 is 0 Å². The average molecular weight is 427 g/mol. The van der Waals surface area contributed by atoms with Gasteiger partial charge in [-0.2, -0.15) is 0 Å². The van der Waals surface area contributed by atoms with Gasteiger partial charge in [-0.3, -0.25) is 4.79 Å². The molecule has 0 bridgehead atoms. The summed E-state index contributed by atoms with van der Waals surface area (Å²) in [6.07, 6.45) is 1.72. The maximum absolute atomic E-state index is 12.6. The molecule has 0 saturated heterocycles. The van der Waals surface area contributed by atoms with Crippen LogP contribution in [0, 0.1) is 6.92 Å². The molecule has 4 rings (SSSR count). The van der Waals surface area contributed by atoms with Crippen molar-refractivity contribution in [3.05, 3.63) is 90.3 Å². The first-order chi connectivity index (χ1) is 15.6. The van der Waals surface area contributed by atoms with Gasteiger partial charge in [0.2, 0.25) is 5.91 Å². The van der Waals surface area contributed by atoms with Gasteiger partial charge in [0.15, 0.2) is 0 Å². The van der Waals surface area contributed by atoms with E-state index in [4.69, 9.17) is 0 Å². The largest absolute Gasteiger partial charge is 0.325 e. The number of carbonyl (C=O) groups excluding carboxylic acids is 2. The van der Waals surface area contributed by atoms with E-state index in [1.54, 1.807) is 28.9 Å². The van der Waals surface area contributed by atoms with Crippen LogP contribution < -0.4 is 16.0 Å². The zero-order chi connectivity index (χ0) is 22.3. The van der Waals surface area contributed by atoms with Crippen molar-refractivity contribution >= 4 is 29.0 Å². The molecule has 0 atom stereocenters. The smallest absolute Gasteiger partial charge is 0.323 e. The molecule has 3 N–H and O–H groups in total. The van der Waals surface area contributed by atoms with E-state index in [-0.39, 0.29) is 18.4 Å². The number of para-hydroxylation sites is 1. The maximum atomic E-state index is 12.6. The van der Waals surface area contributed by atoms with E-state index in [2.05, 4.69) is 31.5 Å². The Morgan fingerprint density at radius 1 is 0.875 bits per heavy atom. The Kier molecular flexibility index (Phi) is 6.17. The summed E-state index contributed by atoms with van der Waals surface area (Å²) >= 11 is 0. The quantitative estimate of drug-likeness (QED) is 0.433. The lowest BCUT2D eigenvalue weighted by atomic mass is 10.1. The summed E-state index contributed by atoms with van der Waals surface area (Å²) in [4.78, 5) is 24.8. The first-order valence-corrected chi connectivity index (χ1v) is 9.93. The van der Waals surface area contributed by atoms with Crippen LogP contribution >= 0.6 is 0 Å². The fourth-order valence-corrected chi connectivity index (χ4v) is 3.08. The molecular weight excluding hydrogens is 406 g/mol. The molecule has 9 heteroatoms. The summed E-state index contributed by atoms with van der Waals surface area (Å²) in [6, 6.07) is 21.6. The third-order valence-corrected chi connectivity index (χ3v) is 4.72. The van der Waals surface area contributed by atoms with E-state index in [1.807, 2.05) is 55.5 Å². The molecule has 0 radical (unpaired) electrons. The second-order valence-electron chi connectivity index (χ2n) is 7.12. The Labute approximate surface area is 184 Å². The number of aromatic nitrogens is 4. The van der Waals surface area contributed by atoms with Gasteiger partial charge >= 0.3 is 6.03 Å². The van der Waals surface area contributed by atoms with Crippen molar-refractivity contribution in [2.24, 2.45) is 0 Å². The lowest BCUT2D eigenvalue weighted by Gasteiger charge is -2.12. The predicted molar refractivity (Wildman–Crippen MR) is 122 cm³/mol. The Balaban J connectivity index is 1.37. The van der Waals surface area contributed by atoms with E-state index in [1.165, 1.54) is 6.33 Å². The Morgan fingerprint density at radius 2 is 1.62 bits per heavy atom. The van der Waals surface area contributed by atoms with Crippen molar-refractivity contribution in [1.82, 2.24) is 20.2 Å². The SMILES string of the molecule is Cc1ccc(NC(=O)Nc2ccccc2)cc1NC(=O)Cc1ccc(-n2cnnn2)cc1. The maximum Gasteiger partial charge on any atom is 0.323 e. The topological polar surface area (TPSA) is 114 Å². The minimum atomic E-state index is -0.361. The molecule has 0 aliphatic carbocycles. The monoisotopic (exact) mass is 427 g/mol. The summed E-state index contributed by atoms with van der Waals surface area (Å²) in [5.74, 6) is -0.158. The van der Waals surface area contributed by atoms with E-state index in [0.29, 0.717) is 17.1 Å². The highest BCUT2D eigenvalue weighted by Crippen LogP contribution is 2.21. The van der Waals surface area contributed by atoms with Crippen LogP contribution in [0.4, 0.5) is 21.9 Å². The van der Waals surface area contributed by atoms with Crippen LogP contribution in [0.15, 0.2) is 79.1 Å². The third-order valence-electron chi connectivity index (χ3n) is 4.72. The molecule has 1 heterocycles. The number of carbonyl (C=O) groups is 2. The van der Waals surface area contributed by atoms with Crippen molar-refractivity contribution in [1.29, 1.82) is 0 Å². The van der Waals surface area contributed by atoms with Gasteiger partial charge in [-0.15, -0.1) is 5.10 Å². The zero-order valence-electron chi connectivity index (χ0n) is 17.3. The van der Waals surface area contributed by atoms with Gasteiger partial charge in [-0.1, -0.05) is 36.4 Å². The van der Waals surface area contributed by atoms with E-state index < -0.39 is 0 Å². The van der Waals surface area contributed by atoms with E-state index in [9.17, 15) is 9.59 Å². The highest BCUT2D eigenvalue weighted by atomic mass is 16.2. The van der Waals surface area contributed by atoms with Gasteiger partial charge in [-0.25, -0.2) is 9.48 Å². The number of tetrazole rings is 1. The molecule has 0 unspecified atom stereocenters. The molecule has 0 fully saturated rings. The van der Waals surface area contributed by atoms with Crippen molar-refractivity contribution < 1.29 is 9.59 Å². The predicted octanol–water partition coefficient (Wildman–Crippen LogP) is 3.80. The van der Waals surface area contributed by atoms with Crippen LogP contribution in [0.5, 0.6) is 0 Å². The summed E-state index contributed by atoms with van der Waals surface area (Å²) in [6.45, 7) is 1.89. The van der Waals surface area contributed by atoms with Crippen molar-refractivity contribution in [2.75, 3.05) is 16.0 Å². The van der Waals surface area contributed by atoms with Gasteiger partial charge in [0.1, 0.15) is 6.33 Å². The summed E-state index contributed by atoms with van der Waals surface area (Å²) in [7, 11) is 0. The summed E-state index contributed by atoms with van der Waals surface area (Å²) in [5, 5.41) is 19.5. The molecule has 4 aromatic rings. The van der Waals surface area contributed by atoms with Gasteiger partial charge in [0, 0.05) is 17.1 Å². The second-order valence-corrected chi connectivity index (χ2v) is 7.12. The number of nitrogens with zero attached hydrogens (tertiary/aromatic N) is 4. The van der Waals surface area contributed by atoms with Crippen molar-refractivity contribution in [2.45, 2.75) is 13.3 Å². The van der Waals surface area contributed by atoms with Gasteiger partial charge < -0.3 is 16.0 Å². The molecule has 3 aromatic carbocycles. The lowest BCUT2D eigenvalue weighted by molar-refractivity contribution is -0.115. The first kappa shape index (κ1) is 20.7. The van der Waals surface area contributed by atoms with Gasteiger partial charge in [-0.05, 0) is 64.9 Å². The highest BCUT2D eigenvalue weighted by molar-refractivity contribution is 6.00. The molecule has 0 aliphatic rings. The standard InChI is InChI=1S/C23H21N7O2/c1-16-7-10-19(26-23(32)25-18-5-3-2-4-6-18)14-21(16)27-22(31)13-17-8-11-20(12-9-17)30-15-24-28-29-30/h2-12,14-15H,13H2,1H3,(H,27,31)(H2,25,26,32). The van der Waals surface area contributed by atoms with Crippen LogP contribution in [0.25, 0.3) is 5.69 Å². The summed E-state index contributed by atoms with van der Waals surface area (Å²) < 4.78 is 1.54. The van der Waals surface area contributed by atoms with Gasteiger partial charge in [0.25, 0.3) is 0 Å². The molecule has 3 amide bonds. The van der Waals surface area contributed by atoms with Crippen LogP contribution in [-0.4, -0.2) is 32.1 Å². The first-order valence-electron chi connectivity index (χ1n) is 9.93. The Morgan fingerprint density at radius 3 is 2.34 bits per heavy atom. The molecular formula is C23H21N7O2. The fourth-order valence-electron chi connectivity index (χ4n) is 3.08. The van der Waals surface area contributed by atoms with Crippen LogP contribution in [0.1, 0.15) is 11.1 Å². The molecule has 32 heavy (non-hydrogen) atoms. The van der Waals surface area contributed by atoms with Crippen LogP contribution in [0.2, 0.25) is 0 Å². The number of hydrogen-bond acceptors (Lipinski definition) is 5. The fraction of sp³-hybridized carbons (Fsp3) is 0.0870. The minimum Gasteiger partial charge on any atom is -0.325 e. The third kappa shape index (κ3) is 5.33. The average Bonchev–Trinajstić information content (AvgIpc) is 3.32. The molecule has 0 spiro atoms. The van der Waals surface area contributed by atoms with Crippen LogP contribution in [-0.2, 0) is 11.2 Å². The van der Waals surface area contributed by atoms with Crippen molar-refractivity contribution in [3.8, 4) is 5.69 Å². The number of amides is 3. The second kappa shape index (κ2) is 9.52. The van der Waals surface area contributed by atoms with Crippen LogP contribution in [0.3, 0.4) is 0 Å². The number of nitrogens with one attached hydrogen (secondary N) is 3. The molecule has 1 aromatic heterocycles. The number of aryl methyl sites for hydroxylation is 1. The molecule has 0 aliphatic heterocycles. The minimum absolute atomic E-state index is 0.158. The number of anilines is 3. The Bertz CT molecular complexity index is 1210. The van der Waals surface area contributed by atoms with E-state index in [0.717, 1.165) is 16.8 Å². The van der Waals surface area contributed by atoms with Gasteiger partial charge in [0.05, 0.1) is 12.1 Å². The number of urea groups is 1. The Hall–Kier alpha value is -4.53. The number of hydrogen-bond donors (Lipinski definition) is 3. The molecule has 160 valence electrons. The number of rotatable bonds is 6.